The fourth-order valence-electron chi connectivity index (χ4n) is 1.66. The lowest BCUT2D eigenvalue weighted by atomic mass is 10.3. The van der Waals surface area contributed by atoms with Crippen molar-refractivity contribution in [3.05, 3.63) is 58.5 Å². The summed E-state index contributed by atoms with van der Waals surface area (Å²) in [5, 5.41) is 2.70. The monoisotopic (exact) mass is 288 g/mol. The average Bonchev–Trinajstić information content (AvgIpc) is 2.52. The maximum Gasteiger partial charge on any atom is 0.252 e. The highest BCUT2D eigenvalue weighted by Gasteiger charge is 2.04. The zero-order valence-electron chi connectivity index (χ0n) is 11.6. The van der Waals surface area contributed by atoms with E-state index >= 15 is 0 Å². The van der Waals surface area contributed by atoms with Gasteiger partial charge in [-0.3, -0.25) is 9.59 Å². The van der Waals surface area contributed by atoms with Gasteiger partial charge in [-0.1, -0.05) is 0 Å². The molecule has 6 nitrogen and oxygen atoms in total. The van der Waals surface area contributed by atoms with Gasteiger partial charge >= 0.3 is 0 Å². The third kappa shape index (κ3) is 4.38. The lowest BCUT2D eigenvalue weighted by Crippen LogP contribution is -2.28. The second kappa shape index (κ2) is 7.14. The first-order valence-corrected chi connectivity index (χ1v) is 6.43. The van der Waals surface area contributed by atoms with Crippen LogP contribution < -0.4 is 20.3 Å². The first kappa shape index (κ1) is 14.6. The van der Waals surface area contributed by atoms with Gasteiger partial charge in [0.25, 0.3) is 5.91 Å². The minimum atomic E-state index is -0.260. The number of hydrogen-bond acceptors (Lipinski definition) is 4. The van der Waals surface area contributed by atoms with Crippen LogP contribution >= 0.6 is 0 Å². The number of nitrogens with one attached hydrogen (secondary N) is 2. The first-order chi connectivity index (χ1) is 10.2. The standard InChI is InChI=1S/C15H16N2O4/c1-20-12-3-5-13(6-4-12)21-9-8-16-15(19)11-2-7-14(18)17-10-11/h2-7,10H,8-9H2,1H3,(H,16,19)(H,17,18). The van der Waals surface area contributed by atoms with Crippen molar-refractivity contribution in [2.45, 2.75) is 0 Å². The van der Waals surface area contributed by atoms with E-state index < -0.39 is 0 Å². The minimum Gasteiger partial charge on any atom is -0.497 e. The molecule has 6 heteroatoms. The van der Waals surface area contributed by atoms with Crippen LogP contribution in [-0.4, -0.2) is 31.2 Å². The molecule has 0 radical (unpaired) electrons. The van der Waals surface area contributed by atoms with Gasteiger partial charge in [-0.25, -0.2) is 0 Å². The summed E-state index contributed by atoms with van der Waals surface area (Å²) in [5.41, 5.74) is 0.161. The highest BCUT2D eigenvalue weighted by Crippen LogP contribution is 2.16. The molecule has 0 atom stereocenters. The molecule has 0 aliphatic heterocycles. The Morgan fingerprint density at radius 1 is 1.14 bits per heavy atom. The Hall–Kier alpha value is -2.76. The van der Waals surface area contributed by atoms with E-state index in [1.807, 2.05) is 0 Å². The summed E-state index contributed by atoms with van der Waals surface area (Å²) in [6, 6.07) is 9.97. The predicted octanol–water partition coefficient (Wildman–Crippen LogP) is 1.19. The van der Waals surface area contributed by atoms with Crippen LogP contribution in [0.5, 0.6) is 11.5 Å². The van der Waals surface area contributed by atoms with Gasteiger partial charge in [-0.2, -0.15) is 0 Å². The van der Waals surface area contributed by atoms with E-state index in [-0.39, 0.29) is 11.5 Å². The van der Waals surface area contributed by atoms with Crippen LogP contribution in [0.4, 0.5) is 0 Å². The molecule has 0 bridgehead atoms. The minimum absolute atomic E-state index is 0.241. The molecule has 1 heterocycles. The molecule has 0 unspecified atom stereocenters. The van der Waals surface area contributed by atoms with E-state index in [2.05, 4.69) is 10.3 Å². The average molecular weight is 288 g/mol. The van der Waals surface area contributed by atoms with Crippen molar-refractivity contribution >= 4 is 5.91 Å². The second-order valence-corrected chi connectivity index (χ2v) is 4.22. The Morgan fingerprint density at radius 2 is 1.86 bits per heavy atom. The normalized spacial score (nSPS) is 9.95. The zero-order valence-corrected chi connectivity index (χ0v) is 11.6. The summed E-state index contributed by atoms with van der Waals surface area (Å²) >= 11 is 0. The van der Waals surface area contributed by atoms with Gasteiger partial charge in [0, 0.05) is 12.3 Å². The molecule has 110 valence electrons. The Labute approximate surface area is 121 Å². The van der Waals surface area contributed by atoms with Crippen LogP contribution in [0.1, 0.15) is 10.4 Å². The molecule has 0 saturated carbocycles. The summed E-state index contributed by atoms with van der Waals surface area (Å²) in [6.45, 7) is 0.714. The number of carbonyl (C=O) groups excluding carboxylic acids is 1. The van der Waals surface area contributed by atoms with E-state index in [1.54, 1.807) is 31.4 Å². The second-order valence-electron chi connectivity index (χ2n) is 4.22. The van der Waals surface area contributed by atoms with E-state index in [1.165, 1.54) is 18.3 Å². The van der Waals surface area contributed by atoms with Crippen molar-refractivity contribution in [3.63, 3.8) is 0 Å². The highest BCUT2D eigenvalue weighted by atomic mass is 16.5. The molecule has 1 aromatic heterocycles. The number of H-pyrrole nitrogens is 1. The molecule has 0 saturated heterocycles. The van der Waals surface area contributed by atoms with Crippen molar-refractivity contribution in [2.75, 3.05) is 20.3 Å². The number of benzene rings is 1. The molecule has 0 fully saturated rings. The number of methoxy groups -OCH3 is 1. The Kier molecular flexibility index (Phi) is 4.98. The van der Waals surface area contributed by atoms with Gasteiger partial charge in [0.2, 0.25) is 5.56 Å². The number of carbonyl (C=O) groups is 1. The lowest BCUT2D eigenvalue weighted by Gasteiger charge is -2.08. The van der Waals surface area contributed by atoms with E-state index in [0.717, 1.165) is 5.75 Å². The molecule has 1 aromatic carbocycles. The maximum atomic E-state index is 11.7. The first-order valence-electron chi connectivity index (χ1n) is 6.43. The molecule has 21 heavy (non-hydrogen) atoms. The molecular formula is C15H16N2O4. The van der Waals surface area contributed by atoms with E-state index in [4.69, 9.17) is 9.47 Å². The number of aromatic nitrogens is 1. The van der Waals surface area contributed by atoms with Crippen molar-refractivity contribution in [2.24, 2.45) is 0 Å². The van der Waals surface area contributed by atoms with Gasteiger partial charge in [0.15, 0.2) is 0 Å². The van der Waals surface area contributed by atoms with Crippen LogP contribution in [-0.2, 0) is 0 Å². The van der Waals surface area contributed by atoms with Crippen molar-refractivity contribution in [1.29, 1.82) is 0 Å². The maximum absolute atomic E-state index is 11.7. The van der Waals surface area contributed by atoms with Crippen LogP contribution in [0.3, 0.4) is 0 Å². The molecular weight excluding hydrogens is 272 g/mol. The van der Waals surface area contributed by atoms with E-state index in [9.17, 15) is 9.59 Å². The predicted molar refractivity (Wildman–Crippen MR) is 77.9 cm³/mol. The number of hydrogen-bond donors (Lipinski definition) is 2. The van der Waals surface area contributed by atoms with Crippen molar-refractivity contribution in [1.82, 2.24) is 10.3 Å². The third-order valence-electron chi connectivity index (χ3n) is 2.76. The molecule has 0 aliphatic rings. The van der Waals surface area contributed by atoms with Gasteiger partial charge in [-0.05, 0) is 30.3 Å². The largest absolute Gasteiger partial charge is 0.497 e. The fraction of sp³-hybridized carbons (Fsp3) is 0.200. The molecule has 2 N–H and O–H groups in total. The van der Waals surface area contributed by atoms with Crippen molar-refractivity contribution < 1.29 is 14.3 Å². The highest BCUT2D eigenvalue weighted by molar-refractivity contribution is 5.93. The lowest BCUT2D eigenvalue weighted by molar-refractivity contribution is 0.0946. The fourth-order valence-corrected chi connectivity index (χ4v) is 1.66. The smallest absolute Gasteiger partial charge is 0.252 e. The van der Waals surface area contributed by atoms with Crippen LogP contribution in [0, 0.1) is 0 Å². The van der Waals surface area contributed by atoms with Crippen LogP contribution in [0.2, 0.25) is 0 Å². The number of pyridine rings is 1. The Balaban J connectivity index is 1.75. The number of ether oxygens (including phenoxy) is 2. The summed E-state index contributed by atoms with van der Waals surface area (Å²) < 4.78 is 10.5. The molecule has 1 amide bonds. The molecule has 2 rings (SSSR count). The Bertz CT molecular complexity index is 629. The Morgan fingerprint density at radius 3 is 2.48 bits per heavy atom. The van der Waals surface area contributed by atoms with Crippen LogP contribution in [0.15, 0.2) is 47.4 Å². The molecule has 2 aromatic rings. The molecule has 0 spiro atoms. The molecule has 0 aliphatic carbocycles. The number of rotatable bonds is 6. The number of amides is 1. The number of aromatic amines is 1. The summed E-state index contributed by atoms with van der Waals surface area (Å²) in [7, 11) is 1.60. The third-order valence-corrected chi connectivity index (χ3v) is 2.76. The summed E-state index contributed by atoms with van der Waals surface area (Å²) in [5.74, 6) is 1.20. The van der Waals surface area contributed by atoms with Gasteiger partial charge in [0.05, 0.1) is 19.2 Å². The summed E-state index contributed by atoms with van der Waals surface area (Å²) in [4.78, 5) is 25.1. The van der Waals surface area contributed by atoms with E-state index in [0.29, 0.717) is 24.5 Å². The van der Waals surface area contributed by atoms with Crippen LogP contribution in [0.25, 0.3) is 0 Å². The SMILES string of the molecule is COc1ccc(OCCNC(=O)c2ccc(=O)[nH]c2)cc1. The quantitative estimate of drug-likeness (QED) is 0.782. The van der Waals surface area contributed by atoms with Gasteiger partial charge in [0.1, 0.15) is 18.1 Å². The topological polar surface area (TPSA) is 80.4 Å². The zero-order chi connectivity index (χ0) is 15.1. The van der Waals surface area contributed by atoms with Gasteiger partial charge < -0.3 is 19.8 Å². The summed E-state index contributed by atoms with van der Waals surface area (Å²) in [6.07, 6.45) is 1.38. The van der Waals surface area contributed by atoms with Crippen molar-refractivity contribution in [3.8, 4) is 11.5 Å². The van der Waals surface area contributed by atoms with Gasteiger partial charge in [-0.15, -0.1) is 0 Å².